The number of fused-ring (bicyclic) bond motifs is 1. The molecule has 1 saturated heterocycles. The van der Waals surface area contributed by atoms with Crippen LogP contribution in [-0.2, 0) is 28.6 Å². The van der Waals surface area contributed by atoms with E-state index in [1.165, 1.54) is 7.11 Å². The number of benzene rings is 1. The molecule has 3 atom stereocenters. The lowest BCUT2D eigenvalue weighted by Crippen LogP contribution is -2.53. The average Bonchev–Trinajstić information content (AvgIpc) is 3.68. The molecule has 2 aliphatic rings. The first-order chi connectivity index (χ1) is 19.9. The van der Waals surface area contributed by atoms with Gasteiger partial charge in [0.2, 0.25) is 11.8 Å². The molecule has 2 heterocycles. The molecule has 1 saturated carbocycles. The molecule has 1 aliphatic carbocycles. The first kappa shape index (κ1) is 30.3. The van der Waals surface area contributed by atoms with Crippen LogP contribution >= 0.6 is 0 Å². The van der Waals surface area contributed by atoms with Crippen LogP contribution in [-0.4, -0.2) is 88.0 Å². The summed E-state index contributed by atoms with van der Waals surface area (Å²) in [7, 11) is 2.85. The highest BCUT2D eigenvalue weighted by atomic mass is 16.5. The second-order valence-corrected chi connectivity index (χ2v) is 10.5. The first-order valence-corrected chi connectivity index (χ1v) is 14.2. The van der Waals surface area contributed by atoms with Gasteiger partial charge >= 0.3 is 5.97 Å². The van der Waals surface area contributed by atoms with Crippen molar-refractivity contribution in [3.8, 4) is 5.75 Å². The zero-order chi connectivity index (χ0) is 29.2. The molecule has 2 fully saturated rings. The molecule has 224 valence electrons. The third kappa shape index (κ3) is 8.67. The molecule has 0 spiro atoms. The summed E-state index contributed by atoms with van der Waals surface area (Å²) in [5, 5.41) is 9.12. The van der Waals surface area contributed by atoms with Gasteiger partial charge in [0.25, 0.3) is 5.91 Å². The van der Waals surface area contributed by atoms with Crippen LogP contribution in [0, 0.1) is 11.8 Å². The van der Waals surface area contributed by atoms with E-state index in [-0.39, 0.29) is 18.0 Å². The van der Waals surface area contributed by atoms with E-state index in [9.17, 15) is 19.2 Å². The number of carbonyl (C=O) groups excluding carboxylic acids is 4. The Bertz CT molecular complexity index is 1210. The van der Waals surface area contributed by atoms with E-state index in [1.807, 2.05) is 18.2 Å². The molecule has 41 heavy (non-hydrogen) atoms. The van der Waals surface area contributed by atoms with Gasteiger partial charge in [0, 0.05) is 30.5 Å². The third-order valence-electron chi connectivity index (χ3n) is 7.40. The topological polar surface area (TPSA) is 157 Å². The molecule has 1 aromatic heterocycles. The number of aromatic nitrogens is 1. The second-order valence-electron chi connectivity index (χ2n) is 10.5. The normalized spacial score (nSPS) is 18.3. The van der Waals surface area contributed by atoms with Gasteiger partial charge < -0.3 is 39.9 Å². The minimum Gasteiger partial charge on any atom is -0.490 e. The van der Waals surface area contributed by atoms with Crippen molar-refractivity contribution in [2.75, 3.05) is 47.2 Å². The number of ether oxygens (including phenoxy) is 4. The molecule has 12 nitrogen and oxygen atoms in total. The third-order valence-corrected chi connectivity index (χ3v) is 7.40. The number of aromatic amines is 1. The van der Waals surface area contributed by atoms with Crippen molar-refractivity contribution in [2.24, 2.45) is 11.8 Å². The van der Waals surface area contributed by atoms with E-state index < -0.39 is 35.8 Å². The Kier molecular flexibility index (Phi) is 11.0. The number of H-pyrrole nitrogens is 1. The number of carbonyl (C=O) groups is 4. The monoisotopic (exact) mass is 572 g/mol. The van der Waals surface area contributed by atoms with Crippen molar-refractivity contribution in [2.45, 2.75) is 50.6 Å². The second kappa shape index (κ2) is 14.8. The van der Waals surface area contributed by atoms with Gasteiger partial charge in [-0.2, -0.15) is 0 Å². The maximum Gasteiger partial charge on any atom is 0.328 e. The van der Waals surface area contributed by atoms with E-state index >= 15 is 0 Å². The Morgan fingerprint density at radius 2 is 1.80 bits per heavy atom. The molecule has 1 aliphatic heterocycles. The molecular formula is C29H40N4O8. The molecule has 2 unspecified atom stereocenters. The number of nitrogens with one attached hydrogen (secondary N) is 4. The fourth-order valence-electron chi connectivity index (χ4n) is 4.96. The molecule has 4 rings (SSSR count). The van der Waals surface area contributed by atoms with Gasteiger partial charge in [-0.05, 0) is 49.8 Å². The summed E-state index contributed by atoms with van der Waals surface area (Å²) in [6.45, 7) is 2.32. The Balaban J connectivity index is 1.41. The van der Waals surface area contributed by atoms with Crippen molar-refractivity contribution in [1.82, 2.24) is 20.9 Å². The zero-order valence-electron chi connectivity index (χ0n) is 23.7. The lowest BCUT2D eigenvalue weighted by Gasteiger charge is -2.27. The minimum atomic E-state index is -0.994. The summed E-state index contributed by atoms with van der Waals surface area (Å²) in [4.78, 5) is 54.6. The van der Waals surface area contributed by atoms with Crippen LogP contribution in [0.5, 0.6) is 5.75 Å². The molecule has 0 radical (unpaired) electrons. The quantitative estimate of drug-likeness (QED) is 0.175. The Morgan fingerprint density at radius 3 is 2.54 bits per heavy atom. The van der Waals surface area contributed by atoms with Crippen molar-refractivity contribution in [3.05, 3.63) is 30.0 Å². The van der Waals surface area contributed by atoms with Crippen molar-refractivity contribution >= 4 is 34.6 Å². The average molecular weight is 573 g/mol. The van der Waals surface area contributed by atoms with E-state index in [2.05, 4.69) is 20.9 Å². The summed E-state index contributed by atoms with van der Waals surface area (Å²) in [6.07, 6.45) is 3.97. The number of esters is 1. The Labute approximate surface area is 239 Å². The van der Waals surface area contributed by atoms with E-state index in [1.54, 1.807) is 13.2 Å². The highest BCUT2D eigenvalue weighted by molar-refractivity contribution is 6.01. The van der Waals surface area contributed by atoms with Gasteiger partial charge in [-0.1, -0.05) is 18.9 Å². The Hall–Kier alpha value is -3.64. The standard InChI is InChI=1S/C29H40N4O8/c1-38-11-12-40-13-14-41-25-7-3-6-21-20(25)17-23(31-21)28(36)32-22(15-18-8-9-18)27(35)33-24(29(37)39-2)16-19-5-4-10-30-26(19)34/h3,6-7,17-19,22,24,31H,4-5,8-16H2,1-2H3,(H,30,34)(H,32,36)(H,33,35)/t19-,22?,24?/m0/s1. The van der Waals surface area contributed by atoms with Gasteiger partial charge in [0.1, 0.15) is 30.1 Å². The predicted molar refractivity (Wildman–Crippen MR) is 149 cm³/mol. The first-order valence-electron chi connectivity index (χ1n) is 14.2. The van der Waals surface area contributed by atoms with Crippen LogP contribution < -0.4 is 20.7 Å². The SMILES string of the molecule is COCCOCCOc1cccc2[nH]c(C(=O)NC(CC3CC3)C(=O)NC(C[C@@H]3CCCNC3=O)C(=O)OC)cc12. The van der Waals surface area contributed by atoms with Gasteiger partial charge in [0.05, 0.1) is 26.9 Å². The fourth-order valence-corrected chi connectivity index (χ4v) is 4.96. The summed E-state index contributed by atoms with van der Waals surface area (Å²) in [5.74, 6) is -1.16. The predicted octanol–water partition coefficient (Wildman–Crippen LogP) is 1.68. The van der Waals surface area contributed by atoms with Crippen LogP contribution in [0.3, 0.4) is 0 Å². The fraction of sp³-hybridized carbons (Fsp3) is 0.586. The highest BCUT2D eigenvalue weighted by Gasteiger charge is 2.35. The van der Waals surface area contributed by atoms with E-state index in [4.69, 9.17) is 18.9 Å². The van der Waals surface area contributed by atoms with E-state index in [0.717, 1.165) is 24.6 Å². The number of methoxy groups -OCH3 is 2. The van der Waals surface area contributed by atoms with Crippen LogP contribution in [0.25, 0.3) is 10.9 Å². The van der Waals surface area contributed by atoms with Gasteiger partial charge in [-0.25, -0.2) is 4.79 Å². The lowest BCUT2D eigenvalue weighted by molar-refractivity contribution is -0.146. The maximum atomic E-state index is 13.4. The Morgan fingerprint density at radius 1 is 1.00 bits per heavy atom. The van der Waals surface area contributed by atoms with Gasteiger partial charge in [-0.15, -0.1) is 0 Å². The zero-order valence-corrected chi connectivity index (χ0v) is 23.7. The smallest absolute Gasteiger partial charge is 0.328 e. The highest BCUT2D eigenvalue weighted by Crippen LogP contribution is 2.34. The van der Waals surface area contributed by atoms with Gasteiger partial charge in [-0.3, -0.25) is 14.4 Å². The lowest BCUT2D eigenvalue weighted by atomic mass is 9.91. The molecule has 2 aromatic rings. The van der Waals surface area contributed by atoms with E-state index in [0.29, 0.717) is 63.0 Å². The molecule has 12 heteroatoms. The van der Waals surface area contributed by atoms with Crippen LogP contribution in [0.1, 0.15) is 49.0 Å². The summed E-state index contributed by atoms with van der Waals surface area (Å²) in [6, 6.07) is 5.32. The molecule has 4 N–H and O–H groups in total. The molecule has 0 bridgehead atoms. The number of hydrogen-bond acceptors (Lipinski definition) is 8. The number of hydrogen-bond donors (Lipinski definition) is 4. The number of rotatable bonds is 16. The van der Waals surface area contributed by atoms with Crippen LogP contribution in [0.2, 0.25) is 0 Å². The van der Waals surface area contributed by atoms with Crippen molar-refractivity contribution in [1.29, 1.82) is 0 Å². The largest absolute Gasteiger partial charge is 0.490 e. The molecule has 1 aromatic carbocycles. The maximum absolute atomic E-state index is 13.4. The minimum absolute atomic E-state index is 0.135. The van der Waals surface area contributed by atoms with Crippen molar-refractivity contribution in [3.63, 3.8) is 0 Å². The van der Waals surface area contributed by atoms with Crippen LogP contribution in [0.4, 0.5) is 0 Å². The van der Waals surface area contributed by atoms with Gasteiger partial charge in [0.15, 0.2) is 0 Å². The summed E-state index contributed by atoms with van der Waals surface area (Å²) < 4.78 is 21.2. The number of amides is 3. The molecular weight excluding hydrogens is 532 g/mol. The summed E-state index contributed by atoms with van der Waals surface area (Å²) >= 11 is 0. The van der Waals surface area contributed by atoms with Crippen molar-refractivity contribution < 1.29 is 38.1 Å². The van der Waals surface area contributed by atoms with Crippen LogP contribution in [0.15, 0.2) is 24.3 Å². The molecule has 3 amide bonds. The summed E-state index contributed by atoms with van der Waals surface area (Å²) in [5.41, 5.74) is 0.997. The number of piperidine rings is 1.